The second-order valence-electron chi connectivity index (χ2n) is 6.90. The maximum atomic E-state index is 12.7. The molecule has 0 saturated carbocycles. The average Bonchev–Trinajstić information content (AvgIpc) is 2.59. The highest BCUT2D eigenvalue weighted by atomic mass is 32.2. The molecule has 0 aliphatic carbocycles. The van der Waals surface area contributed by atoms with Gasteiger partial charge < -0.3 is 10.1 Å². The molecule has 0 saturated heterocycles. The fraction of sp³-hybridized carbons (Fsp3) is 0.250. The number of sulfonamides is 1. The highest BCUT2D eigenvalue weighted by Crippen LogP contribution is 2.26. The maximum absolute atomic E-state index is 12.7. The third-order valence-electron chi connectivity index (χ3n) is 3.44. The van der Waals surface area contributed by atoms with Gasteiger partial charge in [0.2, 0.25) is 10.0 Å². The number of carbonyl (C=O) groups is 1. The third-order valence-corrected chi connectivity index (χ3v) is 5.22. The molecular weight excluding hydrogens is 364 g/mol. The summed E-state index contributed by atoms with van der Waals surface area (Å²) in [5, 5.41) is 2.71. The van der Waals surface area contributed by atoms with E-state index in [4.69, 9.17) is 11.2 Å². The van der Waals surface area contributed by atoms with Crippen LogP contribution in [-0.2, 0) is 10.0 Å². The Balaban J connectivity index is 2.38. The van der Waals surface area contributed by atoms with Gasteiger partial charge in [0.25, 0.3) is 5.91 Å². The van der Waals surface area contributed by atoms with Gasteiger partial charge in [0.15, 0.2) is 0 Å². The van der Waals surface area contributed by atoms with E-state index in [-0.39, 0.29) is 16.2 Å². The molecule has 0 fully saturated rings. The van der Waals surface area contributed by atoms with Crippen molar-refractivity contribution < 1.29 is 17.9 Å². The van der Waals surface area contributed by atoms with Gasteiger partial charge in [-0.3, -0.25) is 4.79 Å². The van der Waals surface area contributed by atoms with Gasteiger partial charge in [0.05, 0.1) is 7.11 Å². The van der Waals surface area contributed by atoms with E-state index >= 15 is 0 Å². The van der Waals surface area contributed by atoms with Gasteiger partial charge in [-0.15, -0.1) is 6.42 Å². The Kier molecular flexibility index (Phi) is 5.94. The molecule has 0 atom stereocenters. The van der Waals surface area contributed by atoms with Crippen LogP contribution in [0.4, 0.5) is 5.69 Å². The second kappa shape index (κ2) is 7.82. The first kappa shape index (κ1) is 20.5. The molecule has 0 aliphatic rings. The van der Waals surface area contributed by atoms with E-state index in [1.807, 2.05) is 0 Å². The van der Waals surface area contributed by atoms with E-state index in [0.29, 0.717) is 11.3 Å². The van der Waals surface area contributed by atoms with E-state index in [2.05, 4.69) is 16.0 Å². The van der Waals surface area contributed by atoms with Crippen molar-refractivity contribution in [2.75, 3.05) is 12.4 Å². The van der Waals surface area contributed by atoms with Crippen molar-refractivity contribution in [2.24, 2.45) is 0 Å². The number of anilines is 1. The summed E-state index contributed by atoms with van der Waals surface area (Å²) in [6.45, 7) is 5.18. The van der Waals surface area contributed by atoms with Gasteiger partial charge in [-0.05, 0) is 57.2 Å². The third kappa shape index (κ3) is 5.33. The summed E-state index contributed by atoms with van der Waals surface area (Å²) in [5.41, 5.74) is 0.637. The van der Waals surface area contributed by atoms with Crippen molar-refractivity contribution >= 4 is 21.6 Å². The number of nitrogens with one attached hydrogen (secondary N) is 2. The van der Waals surface area contributed by atoms with Gasteiger partial charge >= 0.3 is 0 Å². The Bertz CT molecular complexity index is 999. The fourth-order valence-corrected chi connectivity index (χ4v) is 3.99. The molecule has 1 amide bonds. The van der Waals surface area contributed by atoms with Crippen LogP contribution >= 0.6 is 0 Å². The van der Waals surface area contributed by atoms with E-state index in [1.54, 1.807) is 45.0 Å². The Morgan fingerprint density at radius 2 is 1.85 bits per heavy atom. The summed E-state index contributed by atoms with van der Waals surface area (Å²) < 4.78 is 33.1. The molecule has 142 valence electrons. The quantitative estimate of drug-likeness (QED) is 0.774. The molecule has 0 bridgehead atoms. The molecule has 0 aliphatic heterocycles. The molecule has 0 spiro atoms. The number of amides is 1. The Hall–Kier alpha value is -2.82. The lowest BCUT2D eigenvalue weighted by Crippen LogP contribution is -2.40. The maximum Gasteiger partial charge on any atom is 0.255 e. The van der Waals surface area contributed by atoms with Crippen molar-refractivity contribution in [1.82, 2.24) is 4.72 Å². The molecule has 2 N–H and O–H groups in total. The summed E-state index contributed by atoms with van der Waals surface area (Å²) in [6, 6.07) is 11.0. The molecule has 2 aromatic carbocycles. The molecule has 0 aromatic heterocycles. The van der Waals surface area contributed by atoms with Gasteiger partial charge in [-0.2, -0.15) is 0 Å². The molecule has 0 unspecified atom stereocenters. The van der Waals surface area contributed by atoms with Crippen molar-refractivity contribution in [3.63, 3.8) is 0 Å². The summed E-state index contributed by atoms with van der Waals surface area (Å²) in [4.78, 5) is 12.5. The zero-order chi connectivity index (χ0) is 20.2. The van der Waals surface area contributed by atoms with Crippen molar-refractivity contribution in [3.8, 4) is 18.1 Å². The van der Waals surface area contributed by atoms with E-state index in [0.717, 1.165) is 0 Å². The first-order chi connectivity index (χ1) is 12.6. The lowest BCUT2D eigenvalue weighted by Gasteiger charge is -2.21. The van der Waals surface area contributed by atoms with Crippen LogP contribution in [0.5, 0.6) is 5.75 Å². The standard InChI is InChI=1S/C20H22N2O4S/c1-6-14-8-7-9-16(12-14)21-19(23)15-10-11-17(26-5)18(13-15)27(24,25)22-20(2,3)4/h1,7-13,22H,2-5H3,(H,21,23). The van der Waals surface area contributed by atoms with Crippen LogP contribution in [0.3, 0.4) is 0 Å². The summed E-state index contributed by atoms with van der Waals surface area (Å²) in [6.07, 6.45) is 5.36. The highest BCUT2D eigenvalue weighted by Gasteiger charge is 2.26. The van der Waals surface area contributed by atoms with Crippen molar-refractivity contribution in [2.45, 2.75) is 31.2 Å². The number of rotatable bonds is 5. The SMILES string of the molecule is C#Cc1cccc(NC(=O)c2ccc(OC)c(S(=O)(=O)NC(C)(C)C)c2)c1. The summed E-state index contributed by atoms with van der Waals surface area (Å²) in [5.74, 6) is 2.18. The number of methoxy groups -OCH3 is 1. The molecule has 6 nitrogen and oxygen atoms in total. The van der Waals surface area contributed by atoms with Gasteiger partial charge in [0, 0.05) is 22.4 Å². The minimum atomic E-state index is -3.88. The molecule has 0 radical (unpaired) electrons. The van der Waals surface area contributed by atoms with Crippen LogP contribution < -0.4 is 14.8 Å². The van der Waals surface area contributed by atoms with Crippen LogP contribution in [0.2, 0.25) is 0 Å². The van der Waals surface area contributed by atoms with E-state index in [1.165, 1.54) is 25.3 Å². The van der Waals surface area contributed by atoms with Gasteiger partial charge in [-0.1, -0.05) is 12.0 Å². The minimum absolute atomic E-state index is 0.107. The first-order valence-electron chi connectivity index (χ1n) is 8.16. The fourth-order valence-electron chi connectivity index (χ4n) is 2.38. The Labute approximate surface area is 160 Å². The topological polar surface area (TPSA) is 84.5 Å². The summed E-state index contributed by atoms with van der Waals surface area (Å²) >= 11 is 0. The van der Waals surface area contributed by atoms with Crippen molar-refractivity contribution in [1.29, 1.82) is 0 Å². The number of benzene rings is 2. The largest absolute Gasteiger partial charge is 0.495 e. The lowest BCUT2D eigenvalue weighted by molar-refractivity contribution is 0.102. The van der Waals surface area contributed by atoms with Crippen LogP contribution in [0.25, 0.3) is 0 Å². The zero-order valence-corrected chi connectivity index (χ0v) is 16.5. The molecule has 7 heteroatoms. The van der Waals surface area contributed by atoms with Crippen molar-refractivity contribution in [3.05, 3.63) is 53.6 Å². The predicted octanol–water partition coefficient (Wildman–Crippen LogP) is 3.01. The second-order valence-corrected chi connectivity index (χ2v) is 8.55. The number of hydrogen-bond acceptors (Lipinski definition) is 4. The lowest BCUT2D eigenvalue weighted by atomic mass is 10.1. The average molecular weight is 386 g/mol. The van der Waals surface area contributed by atoms with Gasteiger partial charge in [-0.25, -0.2) is 13.1 Å². The monoisotopic (exact) mass is 386 g/mol. The van der Waals surface area contributed by atoms with E-state index < -0.39 is 21.5 Å². The molecule has 0 heterocycles. The Morgan fingerprint density at radius 1 is 1.15 bits per heavy atom. The zero-order valence-electron chi connectivity index (χ0n) is 15.7. The predicted molar refractivity (Wildman–Crippen MR) is 105 cm³/mol. The normalized spacial score (nSPS) is 11.5. The molecule has 27 heavy (non-hydrogen) atoms. The number of terminal acetylenes is 1. The first-order valence-corrected chi connectivity index (χ1v) is 9.64. The highest BCUT2D eigenvalue weighted by molar-refractivity contribution is 7.89. The summed E-state index contributed by atoms with van der Waals surface area (Å²) in [7, 11) is -2.51. The van der Waals surface area contributed by atoms with E-state index in [9.17, 15) is 13.2 Å². The number of hydrogen-bond donors (Lipinski definition) is 2. The molecule has 2 aromatic rings. The smallest absolute Gasteiger partial charge is 0.255 e. The van der Waals surface area contributed by atoms with Gasteiger partial charge in [0.1, 0.15) is 10.6 Å². The molecule has 2 rings (SSSR count). The number of carbonyl (C=O) groups excluding carboxylic acids is 1. The van der Waals surface area contributed by atoms with Crippen LogP contribution in [0.15, 0.2) is 47.4 Å². The number of ether oxygens (including phenoxy) is 1. The van der Waals surface area contributed by atoms with Crippen LogP contribution in [0, 0.1) is 12.3 Å². The minimum Gasteiger partial charge on any atom is -0.495 e. The Morgan fingerprint density at radius 3 is 2.44 bits per heavy atom. The molecular formula is C20H22N2O4S. The van der Waals surface area contributed by atoms with Crippen LogP contribution in [0.1, 0.15) is 36.7 Å². The van der Waals surface area contributed by atoms with Crippen LogP contribution in [-0.4, -0.2) is 27.0 Å².